The third-order valence-electron chi connectivity index (χ3n) is 4.28. The van der Waals surface area contributed by atoms with Crippen LogP contribution in [0.3, 0.4) is 0 Å². The van der Waals surface area contributed by atoms with Crippen LogP contribution in [0.2, 0.25) is 0 Å². The van der Waals surface area contributed by atoms with Crippen LogP contribution in [0.25, 0.3) is 0 Å². The summed E-state index contributed by atoms with van der Waals surface area (Å²) >= 11 is 0. The van der Waals surface area contributed by atoms with Crippen LogP contribution >= 0.6 is 0 Å². The van der Waals surface area contributed by atoms with Gasteiger partial charge in [-0.05, 0) is 32.1 Å². The molecule has 0 aromatic heterocycles. The molecule has 5 heteroatoms. The normalized spacial score (nSPS) is 31.1. The minimum atomic E-state index is -0.835. The Balaban J connectivity index is 1.89. The third-order valence-corrected chi connectivity index (χ3v) is 4.28. The molecule has 1 unspecified atom stereocenters. The lowest BCUT2D eigenvalue weighted by atomic mass is 9.94. The molecule has 2 fully saturated rings. The van der Waals surface area contributed by atoms with Crippen LogP contribution in [0.1, 0.15) is 38.5 Å². The van der Waals surface area contributed by atoms with Crippen molar-refractivity contribution in [1.82, 2.24) is 4.90 Å². The Kier molecular flexibility index (Phi) is 4.80. The van der Waals surface area contributed by atoms with Crippen LogP contribution in [0, 0.1) is 11.8 Å². The molecule has 1 aliphatic carbocycles. The molecule has 1 saturated carbocycles. The molecule has 0 spiro atoms. The predicted octanol–water partition coefficient (Wildman–Crippen LogP) is 1.51. The van der Waals surface area contributed by atoms with E-state index in [2.05, 4.69) is 0 Å². The Labute approximate surface area is 113 Å². The van der Waals surface area contributed by atoms with Crippen LogP contribution < -0.4 is 0 Å². The summed E-state index contributed by atoms with van der Waals surface area (Å²) in [7, 11) is 1.76. The molecule has 5 nitrogen and oxygen atoms in total. The zero-order valence-corrected chi connectivity index (χ0v) is 11.5. The number of nitrogens with zero attached hydrogens (tertiary/aromatic N) is 1. The van der Waals surface area contributed by atoms with Crippen molar-refractivity contribution in [3.05, 3.63) is 0 Å². The number of hydrogen-bond donors (Lipinski definition) is 1. The average Bonchev–Trinajstić information content (AvgIpc) is 2.88. The van der Waals surface area contributed by atoms with Gasteiger partial charge in [-0.25, -0.2) is 0 Å². The highest BCUT2D eigenvalue weighted by atomic mass is 16.5. The van der Waals surface area contributed by atoms with E-state index in [1.165, 1.54) is 0 Å². The van der Waals surface area contributed by atoms with Gasteiger partial charge in [0, 0.05) is 20.2 Å². The van der Waals surface area contributed by atoms with Gasteiger partial charge in [-0.15, -0.1) is 0 Å². The summed E-state index contributed by atoms with van der Waals surface area (Å²) in [5.41, 5.74) is 0. The minimum absolute atomic E-state index is 0.0286. The largest absolute Gasteiger partial charge is 0.481 e. The number of carboxylic acid groups (broad SMARTS) is 1. The van der Waals surface area contributed by atoms with Crippen molar-refractivity contribution in [3.63, 3.8) is 0 Å². The van der Waals surface area contributed by atoms with Crippen LogP contribution in [0.5, 0.6) is 0 Å². The SMILES string of the molecule is CN(CC1CCCCO1)C(=O)[C@@H]1CCC[C@@H]1C(=O)O. The maximum atomic E-state index is 12.3. The van der Waals surface area contributed by atoms with Crippen LogP contribution in [0.15, 0.2) is 0 Å². The van der Waals surface area contributed by atoms with Gasteiger partial charge in [-0.3, -0.25) is 9.59 Å². The average molecular weight is 269 g/mol. The number of amides is 1. The molecule has 3 atom stereocenters. The molecule has 1 amide bonds. The molecule has 1 saturated heterocycles. The van der Waals surface area contributed by atoms with Gasteiger partial charge in [0.05, 0.1) is 17.9 Å². The van der Waals surface area contributed by atoms with Crippen molar-refractivity contribution in [2.24, 2.45) is 11.8 Å². The molecule has 0 radical (unpaired) electrons. The highest BCUT2D eigenvalue weighted by Crippen LogP contribution is 2.33. The van der Waals surface area contributed by atoms with Crippen molar-refractivity contribution < 1.29 is 19.4 Å². The molecule has 1 heterocycles. The van der Waals surface area contributed by atoms with E-state index in [-0.39, 0.29) is 17.9 Å². The summed E-state index contributed by atoms with van der Waals surface area (Å²) in [5, 5.41) is 9.14. The minimum Gasteiger partial charge on any atom is -0.481 e. The first-order valence-electron chi connectivity index (χ1n) is 7.19. The van der Waals surface area contributed by atoms with Gasteiger partial charge >= 0.3 is 5.97 Å². The van der Waals surface area contributed by atoms with Gasteiger partial charge in [-0.1, -0.05) is 6.42 Å². The molecule has 0 aromatic carbocycles. The highest BCUT2D eigenvalue weighted by molar-refractivity contribution is 5.85. The first-order chi connectivity index (χ1) is 9.09. The first-order valence-corrected chi connectivity index (χ1v) is 7.19. The van der Waals surface area contributed by atoms with E-state index >= 15 is 0 Å². The zero-order chi connectivity index (χ0) is 13.8. The second kappa shape index (κ2) is 6.37. The Hall–Kier alpha value is -1.10. The molecule has 2 aliphatic rings. The molecule has 1 N–H and O–H groups in total. The highest BCUT2D eigenvalue weighted by Gasteiger charge is 2.39. The van der Waals surface area contributed by atoms with Gasteiger partial charge < -0.3 is 14.7 Å². The summed E-state index contributed by atoms with van der Waals surface area (Å²) in [6.07, 6.45) is 5.51. The number of likely N-dealkylation sites (N-methyl/N-ethyl adjacent to an activating group) is 1. The number of rotatable bonds is 4. The summed E-state index contributed by atoms with van der Waals surface area (Å²) in [6.45, 7) is 1.36. The van der Waals surface area contributed by atoms with Crippen molar-refractivity contribution >= 4 is 11.9 Å². The lowest BCUT2D eigenvalue weighted by molar-refractivity contribution is -0.149. The lowest BCUT2D eigenvalue weighted by Crippen LogP contribution is -2.42. The summed E-state index contributed by atoms with van der Waals surface area (Å²) in [5.74, 6) is -1.70. The smallest absolute Gasteiger partial charge is 0.307 e. The van der Waals surface area contributed by atoms with E-state index in [9.17, 15) is 9.59 Å². The van der Waals surface area contributed by atoms with E-state index in [1.807, 2.05) is 0 Å². The van der Waals surface area contributed by atoms with Gasteiger partial charge in [-0.2, -0.15) is 0 Å². The summed E-state index contributed by atoms with van der Waals surface area (Å²) < 4.78 is 5.63. The standard InChI is InChI=1S/C14H23NO4/c1-15(9-10-5-2-3-8-19-10)13(16)11-6-4-7-12(11)14(17)18/h10-12H,2-9H2,1H3,(H,17,18)/t10?,11-,12+/m1/s1. The monoisotopic (exact) mass is 269 g/mol. The molecule has 1 aliphatic heterocycles. The molecule has 2 rings (SSSR count). The second-order valence-electron chi connectivity index (χ2n) is 5.69. The number of carbonyl (C=O) groups is 2. The predicted molar refractivity (Wildman–Crippen MR) is 69.7 cm³/mol. The Morgan fingerprint density at radius 1 is 1.16 bits per heavy atom. The van der Waals surface area contributed by atoms with E-state index in [1.54, 1.807) is 11.9 Å². The quantitative estimate of drug-likeness (QED) is 0.840. The first kappa shape index (κ1) is 14.3. The topological polar surface area (TPSA) is 66.8 Å². The van der Waals surface area contributed by atoms with Gasteiger partial charge in [0.1, 0.15) is 0 Å². The fourth-order valence-electron chi connectivity index (χ4n) is 3.18. The van der Waals surface area contributed by atoms with E-state index in [0.717, 1.165) is 32.3 Å². The molecular formula is C14H23NO4. The number of hydrogen-bond acceptors (Lipinski definition) is 3. The number of ether oxygens (including phenoxy) is 1. The molecule has 19 heavy (non-hydrogen) atoms. The van der Waals surface area contributed by atoms with Crippen molar-refractivity contribution in [2.75, 3.05) is 20.2 Å². The number of carbonyl (C=O) groups excluding carboxylic acids is 1. The third kappa shape index (κ3) is 3.47. The summed E-state index contributed by atoms with van der Waals surface area (Å²) in [6, 6.07) is 0. The van der Waals surface area contributed by atoms with Gasteiger partial charge in [0.25, 0.3) is 0 Å². The van der Waals surface area contributed by atoms with Gasteiger partial charge in [0.2, 0.25) is 5.91 Å². The lowest BCUT2D eigenvalue weighted by Gasteiger charge is -2.29. The maximum Gasteiger partial charge on any atom is 0.307 e. The Bertz CT molecular complexity index is 338. The Morgan fingerprint density at radius 3 is 2.53 bits per heavy atom. The van der Waals surface area contributed by atoms with Crippen LogP contribution in [-0.2, 0) is 14.3 Å². The van der Waals surface area contributed by atoms with Gasteiger partial charge in [0.15, 0.2) is 0 Å². The van der Waals surface area contributed by atoms with Crippen molar-refractivity contribution in [2.45, 2.75) is 44.6 Å². The van der Waals surface area contributed by atoms with E-state index < -0.39 is 11.9 Å². The maximum absolute atomic E-state index is 12.3. The van der Waals surface area contributed by atoms with Crippen molar-refractivity contribution in [3.8, 4) is 0 Å². The Morgan fingerprint density at radius 2 is 1.89 bits per heavy atom. The second-order valence-corrected chi connectivity index (χ2v) is 5.69. The van der Waals surface area contributed by atoms with E-state index in [0.29, 0.717) is 19.4 Å². The fraction of sp³-hybridized carbons (Fsp3) is 0.857. The fourth-order valence-corrected chi connectivity index (χ4v) is 3.18. The van der Waals surface area contributed by atoms with E-state index in [4.69, 9.17) is 9.84 Å². The van der Waals surface area contributed by atoms with Crippen molar-refractivity contribution in [1.29, 1.82) is 0 Å². The van der Waals surface area contributed by atoms with Crippen LogP contribution in [0.4, 0.5) is 0 Å². The van der Waals surface area contributed by atoms with Crippen LogP contribution in [-0.4, -0.2) is 48.2 Å². The number of carboxylic acids is 1. The molecule has 0 aromatic rings. The zero-order valence-electron chi connectivity index (χ0n) is 11.5. The molecule has 108 valence electrons. The number of aliphatic carboxylic acids is 1. The summed E-state index contributed by atoms with van der Waals surface area (Å²) in [4.78, 5) is 25.1. The molecule has 0 bridgehead atoms. The molecular weight excluding hydrogens is 246 g/mol.